The zero-order valence-electron chi connectivity index (χ0n) is 19.2. The van der Waals surface area contributed by atoms with E-state index in [0.29, 0.717) is 0 Å². The third-order valence-electron chi connectivity index (χ3n) is 6.91. The standard InChI is InChI=1S/C27H31FN4O/c1-2-14-31-15-13-25(30-19-17-29(18-20-30)22-10-8-21(28)9-11-22)26-24(27(31)33)12-16-32(26)23-6-4-3-5-7-23/h3-12,16,25H,2,13-15,17-20H2,1H3. The van der Waals surface area contributed by atoms with Crippen molar-refractivity contribution < 1.29 is 9.18 Å². The van der Waals surface area contributed by atoms with Gasteiger partial charge in [-0.25, -0.2) is 4.39 Å². The van der Waals surface area contributed by atoms with Crippen molar-refractivity contribution in [2.24, 2.45) is 0 Å². The van der Waals surface area contributed by atoms with Gasteiger partial charge in [0.2, 0.25) is 0 Å². The number of carbonyl (C=O) groups is 1. The fourth-order valence-corrected chi connectivity index (χ4v) is 5.25. The van der Waals surface area contributed by atoms with Gasteiger partial charge >= 0.3 is 0 Å². The topological polar surface area (TPSA) is 31.7 Å². The van der Waals surface area contributed by atoms with Crippen LogP contribution in [0, 0.1) is 5.82 Å². The summed E-state index contributed by atoms with van der Waals surface area (Å²) in [6, 6.07) is 19.3. The smallest absolute Gasteiger partial charge is 0.255 e. The van der Waals surface area contributed by atoms with Crippen molar-refractivity contribution >= 4 is 11.6 Å². The molecular formula is C27H31FN4O. The van der Waals surface area contributed by atoms with Gasteiger partial charge in [0.05, 0.1) is 17.3 Å². The second-order valence-corrected chi connectivity index (χ2v) is 8.92. The number of halogens is 1. The number of benzene rings is 2. The number of hydrogen-bond donors (Lipinski definition) is 0. The van der Waals surface area contributed by atoms with E-state index in [-0.39, 0.29) is 17.8 Å². The Bertz CT molecular complexity index is 1090. The normalized spacial score (nSPS) is 19.5. The first-order valence-corrected chi connectivity index (χ1v) is 12.0. The monoisotopic (exact) mass is 446 g/mol. The number of amides is 1. The quantitative estimate of drug-likeness (QED) is 0.568. The van der Waals surface area contributed by atoms with Gasteiger partial charge in [0.1, 0.15) is 5.82 Å². The van der Waals surface area contributed by atoms with Gasteiger partial charge in [-0.2, -0.15) is 0 Å². The molecule has 0 aliphatic carbocycles. The number of nitrogens with zero attached hydrogens (tertiary/aromatic N) is 4. The molecule has 1 aromatic heterocycles. The Morgan fingerprint density at radius 1 is 0.879 bits per heavy atom. The van der Waals surface area contributed by atoms with E-state index in [1.54, 1.807) is 0 Å². The molecule has 5 rings (SSSR count). The van der Waals surface area contributed by atoms with Crippen LogP contribution in [-0.4, -0.2) is 59.5 Å². The van der Waals surface area contributed by atoms with E-state index in [1.165, 1.54) is 12.1 Å². The van der Waals surface area contributed by atoms with Crippen molar-refractivity contribution in [3.8, 4) is 5.69 Å². The van der Waals surface area contributed by atoms with Gasteiger partial charge in [-0.3, -0.25) is 9.69 Å². The van der Waals surface area contributed by atoms with E-state index in [1.807, 2.05) is 41.3 Å². The van der Waals surface area contributed by atoms with E-state index < -0.39 is 0 Å². The van der Waals surface area contributed by atoms with Crippen LogP contribution in [0.5, 0.6) is 0 Å². The number of fused-ring (bicyclic) bond motifs is 1. The molecule has 3 aromatic rings. The van der Waals surface area contributed by atoms with Crippen LogP contribution in [0.4, 0.5) is 10.1 Å². The summed E-state index contributed by atoms with van der Waals surface area (Å²) in [6.07, 6.45) is 3.93. The van der Waals surface area contributed by atoms with Crippen LogP contribution < -0.4 is 4.90 Å². The van der Waals surface area contributed by atoms with Crippen LogP contribution in [0.1, 0.15) is 41.9 Å². The van der Waals surface area contributed by atoms with E-state index in [2.05, 4.69) is 39.6 Å². The molecule has 0 N–H and O–H groups in total. The fourth-order valence-electron chi connectivity index (χ4n) is 5.25. The first-order chi connectivity index (χ1) is 16.2. The predicted octanol–water partition coefficient (Wildman–Crippen LogP) is 4.74. The minimum absolute atomic E-state index is 0.147. The zero-order valence-corrected chi connectivity index (χ0v) is 19.2. The maximum Gasteiger partial charge on any atom is 0.255 e. The minimum Gasteiger partial charge on any atom is -0.369 e. The first kappa shape index (κ1) is 21.7. The molecular weight excluding hydrogens is 415 g/mol. The Labute approximate surface area is 195 Å². The Hall–Kier alpha value is -3.12. The highest BCUT2D eigenvalue weighted by atomic mass is 19.1. The third kappa shape index (κ3) is 4.27. The van der Waals surface area contributed by atoms with Gasteiger partial charge in [0.25, 0.3) is 5.91 Å². The lowest BCUT2D eigenvalue weighted by Gasteiger charge is -2.40. The lowest BCUT2D eigenvalue weighted by Crippen LogP contribution is -2.48. The largest absolute Gasteiger partial charge is 0.369 e. The van der Waals surface area contributed by atoms with E-state index in [4.69, 9.17) is 0 Å². The predicted molar refractivity (Wildman–Crippen MR) is 130 cm³/mol. The molecule has 1 saturated heterocycles. The SMILES string of the molecule is CCCN1CCC(N2CCN(c3ccc(F)cc3)CC2)c2c(ccn2-c2ccccc2)C1=O. The summed E-state index contributed by atoms with van der Waals surface area (Å²) in [5.74, 6) is -0.0553. The molecule has 3 heterocycles. The first-order valence-electron chi connectivity index (χ1n) is 12.0. The van der Waals surface area contributed by atoms with E-state index in [9.17, 15) is 9.18 Å². The van der Waals surface area contributed by atoms with Crippen molar-refractivity contribution in [1.29, 1.82) is 0 Å². The van der Waals surface area contributed by atoms with Gasteiger partial charge in [-0.05, 0) is 55.3 Å². The summed E-state index contributed by atoms with van der Waals surface area (Å²) in [5.41, 5.74) is 4.09. The van der Waals surface area contributed by atoms with Crippen LogP contribution in [0.2, 0.25) is 0 Å². The second-order valence-electron chi connectivity index (χ2n) is 8.92. The van der Waals surface area contributed by atoms with Crippen molar-refractivity contribution in [3.63, 3.8) is 0 Å². The molecule has 6 heteroatoms. The molecule has 1 fully saturated rings. The van der Waals surface area contributed by atoms with E-state index in [0.717, 1.165) is 74.7 Å². The number of piperazine rings is 1. The number of rotatable bonds is 5. The Morgan fingerprint density at radius 2 is 1.61 bits per heavy atom. The van der Waals surface area contributed by atoms with Gasteiger partial charge in [0.15, 0.2) is 0 Å². The van der Waals surface area contributed by atoms with Crippen molar-refractivity contribution in [3.05, 3.63) is 83.9 Å². The number of anilines is 1. The molecule has 5 nitrogen and oxygen atoms in total. The van der Waals surface area contributed by atoms with Gasteiger partial charge in [-0.15, -0.1) is 0 Å². The van der Waals surface area contributed by atoms with Gasteiger partial charge in [-0.1, -0.05) is 25.1 Å². The van der Waals surface area contributed by atoms with Crippen molar-refractivity contribution in [2.45, 2.75) is 25.8 Å². The summed E-state index contributed by atoms with van der Waals surface area (Å²) in [6.45, 7) is 7.28. The molecule has 2 aliphatic heterocycles. The second kappa shape index (κ2) is 9.40. The molecule has 2 aliphatic rings. The van der Waals surface area contributed by atoms with Crippen LogP contribution >= 0.6 is 0 Å². The van der Waals surface area contributed by atoms with Gasteiger partial charge < -0.3 is 14.4 Å². The molecule has 1 atom stereocenters. The molecule has 0 saturated carbocycles. The summed E-state index contributed by atoms with van der Waals surface area (Å²) in [7, 11) is 0. The molecule has 172 valence electrons. The maximum atomic E-state index is 13.4. The summed E-state index contributed by atoms with van der Waals surface area (Å²) < 4.78 is 15.6. The molecule has 33 heavy (non-hydrogen) atoms. The van der Waals surface area contributed by atoms with Crippen LogP contribution in [0.15, 0.2) is 66.9 Å². The van der Waals surface area contributed by atoms with Crippen LogP contribution in [0.3, 0.4) is 0 Å². The maximum absolute atomic E-state index is 13.4. The highest BCUT2D eigenvalue weighted by Gasteiger charge is 2.35. The van der Waals surface area contributed by atoms with Crippen molar-refractivity contribution in [1.82, 2.24) is 14.4 Å². The molecule has 0 spiro atoms. The Kier molecular flexibility index (Phi) is 6.18. The highest BCUT2D eigenvalue weighted by molar-refractivity contribution is 5.96. The molecule has 0 bridgehead atoms. The summed E-state index contributed by atoms with van der Waals surface area (Å²) in [4.78, 5) is 20.3. The third-order valence-corrected chi connectivity index (χ3v) is 6.91. The zero-order chi connectivity index (χ0) is 22.8. The van der Waals surface area contributed by atoms with Crippen LogP contribution in [-0.2, 0) is 0 Å². The molecule has 1 amide bonds. The fraction of sp³-hybridized carbons (Fsp3) is 0.370. The molecule has 0 radical (unpaired) electrons. The molecule has 2 aromatic carbocycles. The lowest BCUT2D eigenvalue weighted by molar-refractivity contribution is 0.0752. The Balaban J connectivity index is 1.44. The molecule has 1 unspecified atom stereocenters. The average molecular weight is 447 g/mol. The minimum atomic E-state index is -0.202. The van der Waals surface area contributed by atoms with Crippen molar-refractivity contribution in [2.75, 3.05) is 44.2 Å². The average Bonchev–Trinajstić information content (AvgIpc) is 3.24. The number of aromatic nitrogens is 1. The van der Waals surface area contributed by atoms with E-state index >= 15 is 0 Å². The Morgan fingerprint density at radius 3 is 2.30 bits per heavy atom. The number of carbonyl (C=O) groups excluding carboxylic acids is 1. The van der Waals surface area contributed by atoms with Gasteiger partial charge in [0, 0.05) is 56.8 Å². The summed E-state index contributed by atoms with van der Waals surface area (Å²) >= 11 is 0. The number of para-hydroxylation sites is 1. The lowest BCUT2D eigenvalue weighted by atomic mass is 10.0. The number of hydrogen-bond acceptors (Lipinski definition) is 3. The highest BCUT2D eigenvalue weighted by Crippen LogP contribution is 2.35. The van der Waals surface area contributed by atoms with Crippen LogP contribution in [0.25, 0.3) is 5.69 Å². The summed E-state index contributed by atoms with van der Waals surface area (Å²) in [5, 5.41) is 0.